The minimum atomic E-state index is -1.75. The fourth-order valence-corrected chi connectivity index (χ4v) is 10.9. The van der Waals surface area contributed by atoms with Crippen LogP contribution in [0.3, 0.4) is 0 Å². The van der Waals surface area contributed by atoms with Gasteiger partial charge in [0.05, 0.1) is 62.0 Å². The van der Waals surface area contributed by atoms with E-state index in [9.17, 15) is 20.1 Å². The first-order valence-corrected chi connectivity index (χ1v) is 23.3. The van der Waals surface area contributed by atoms with Gasteiger partial charge in [0.2, 0.25) is 0 Å². The largest absolute Gasteiger partial charge is 0.462 e. The van der Waals surface area contributed by atoms with Crippen LogP contribution in [0.2, 0.25) is 0 Å². The zero-order valence-electron chi connectivity index (χ0n) is 38.9. The van der Waals surface area contributed by atoms with Crippen molar-refractivity contribution < 1.29 is 67.5 Å². The van der Waals surface area contributed by atoms with Gasteiger partial charge in [0.15, 0.2) is 18.4 Å². The Hall–Kier alpha value is -2.31. The van der Waals surface area contributed by atoms with Crippen LogP contribution in [-0.2, 0) is 52.2 Å². The topological polar surface area (TPSA) is 170 Å². The lowest BCUT2D eigenvalue weighted by Gasteiger charge is -2.50. The molecule has 0 aromatic carbocycles. The Balaban J connectivity index is 1.19. The highest BCUT2D eigenvalue weighted by atomic mass is 16.7. The van der Waals surface area contributed by atoms with Crippen molar-refractivity contribution in [1.29, 1.82) is 0 Å². The molecule has 4 fully saturated rings. The predicted octanol–water partition coefficient (Wildman–Crippen LogP) is 5.63. The Morgan fingerprint density at radius 1 is 0.889 bits per heavy atom. The number of ether oxygens (including phenoxy) is 10. The van der Waals surface area contributed by atoms with Crippen molar-refractivity contribution in [3.63, 3.8) is 0 Å². The van der Waals surface area contributed by atoms with Crippen LogP contribution in [-0.4, -0.2) is 140 Å². The Labute approximate surface area is 373 Å². The summed E-state index contributed by atoms with van der Waals surface area (Å²) in [6.45, 7) is 16.3. The van der Waals surface area contributed by atoms with E-state index in [1.807, 2.05) is 32.1 Å². The number of aliphatic hydroxyl groups excluding tert-OH is 2. The first-order valence-electron chi connectivity index (χ1n) is 23.3. The molecule has 3 N–H and O–H groups in total. The lowest BCUT2D eigenvalue weighted by Crippen LogP contribution is -2.61. The molecule has 354 valence electrons. The quantitative estimate of drug-likeness (QED) is 0.203. The molecule has 1 spiro atoms. The molecule has 0 radical (unpaired) electrons. The minimum Gasteiger partial charge on any atom is -0.462 e. The van der Waals surface area contributed by atoms with Gasteiger partial charge < -0.3 is 62.7 Å². The van der Waals surface area contributed by atoms with Gasteiger partial charge >= 0.3 is 5.97 Å². The van der Waals surface area contributed by atoms with Crippen LogP contribution in [0.15, 0.2) is 59.3 Å². The van der Waals surface area contributed by atoms with Crippen molar-refractivity contribution in [2.24, 2.45) is 29.6 Å². The highest BCUT2D eigenvalue weighted by molar-refractivity contribution is 5.78. The summed E-state index contributed by atoms with van der Waals surface area (Å²) in [5, 5.41) is 34.6. The van der Waals surface area contributed by atoms with Crippen LogP contribution >= 0.6 is 0 Å². The van der Waals surface area contributed by atoms with E-state index in [2.05, 4.69) is 39.8 Å². The Morgan fingerprint density at radius 2 is 1.60 bits per heavy atom. The van der Waals surface area contributed by atoms with Crippen LogP contribution in [0.25, 0.3) is 0 Å². The standard InChI is InChI=1S/C49H74O14/c1-11-26(2)45-29(5)17-18-48(63-45)23-35-20-34(62-48)16-15-28(4)44(60-41-22-39(55-10)46(32(8)58-41)61-40-21-38(54-9)43(51)31(7)57-40)27(3)13-12-14-33-24-56-25-37-42(50)30(6)19-36(47(52)59-35)49(33,37)53/h12-15,17-19,26-27,29,31-32,34-46,50-51,53H,11,16,20-25H2,1-10H3/b13-12+,28-15+,33-14+/t26-,27-,29-,31-,32-,34+,35-,36?,37+,38-,39-,40-,41-,42+,43-,44-,45+,46-,48?,49+/m0/s1. The number of hydrogen-bond acceptors (Lipinski definition) is 14. The fourth-order valence-electron chi connectivity index (χ4n) is 10.9. The van der Waals surface area contributed by atoms with Crippen LogP contribution in [0.4, 0.5) is 0 Å². The Bertz CT molecular complexity index is 1740. The number of esters is 1. The monoisotopic (exact) mass is 887 g/mol. The van der Waals surface area contributed by atoms with Crippen molar-refractivity contribution in [2.45, 2.75) is 185 Å². The van der Waals surface area contributed by atoms with E-state index in [4.69, 9.17) is 47.4 Å². The molecule has 7 rings (SSSR count). The first-order chi connectivity index (χ1) is 30.0. The maximum Gasteiger partial charge on any atom is 0.316 e. The number of hydrogen-bond donors (Lipinski definition) is 3. The number of carbonyl (C=O) groups is 1. The molecule has 6 heterocycles. The van der Waals surface area contributed by atoms with Crippen molar-refractivity contribution in [3.05, 3.63) is 59.3 Å². The second kappa shape index (κ2) is 20.3. The average Bonchev–Trinajstić information content (AvgIpc) is 3.25. The number of rotatable bonds is 8. The van der Waals surface area contributed by atoms with Gasteiger partial charge in [-0.2, -0.15) is 0 Å². The van der Waals surface area contributed by atoms with E-state index >= 15 is 0 Å². The molecule has 14 nitrogen and oxygen atoms in total. The van der Waals surface area contributed by atoms with Gasteiger partial charge in [-0.15, -0.1) is 0 Å². The molecule has 0 aromatic rings. The zero-order valence-corrected chi connectivity index (χ0v) is 38.9. The summed E-state index contributed by atoms with van der Waals surface area (Å²) in [6, 6.07) is 0. The molecule has 14 heteroatoms. The van der Waals surface area contributed by atoms with Gasteiger partial charge in [0.25, 0.3) is 0 Å². The molecular weight excluding hydrogens is 813 g/mol. The number of allylic oxidation sites excluding steroid dienone is 2. The van der Waals surface area contributed by atoms with Crippen LogP contribution in [0, 0.1) is 29.6 Å². The Morgan fingerprint density at radius 3 is 2.33 bits per heavy atom. The number of methoxy groups -OCH3 is 2. The minimum absolute atomic E-state index is 0.0806. The summed E-state index contributed by atoms with van der Waals surface area (Å²) in [7, 11) is 3.22. The van der Waals surface area contributed by atoms with Crippen molar-refractivity contribution in [3.8, 4) is 0 Å². The maximum atomic E-state index is 14.5. The second-order valence-electron chi connectivity index (χ2n) is 19.3. The molecule has 2 unspecified atom stereocenters. The van der Waals surface area contributed by atoms with E-state index in [-0.39, 0.29) is 49.3 Å². The predicted molar refractivity (Wildman–Crippen MR) is 232 cm³/mol. The zero-order chi connectivity index (χ0) is 45.4. The van der Waals surface area contributed by atoms with Gasteiger partial charge in [-0.25, -0.2) is 0 Å². The summed E-state index contributed by atoms with van der Waals surface area (Å²) in [4.78, 5) is 14.5. The van der Waals surface area contributed by atoms with Gasteiger partial charge in [0, 0.05) is 57.7 Å². The smallest absolute Gasteiger partial charge is 0.316 e. The third kappa shape index (κ3) is 10.2. The van der Waals surface area contributed by atoms with Crippen LogP contribution in [0.1, 0.15) is 93.9 Å². The fraction of sp³-hybridized carbons (Fsp3) is 0.776. The molecule has 4 saturated heterocycles. The SMILES string of the molecule is CC[C@H](C)[C@H]1OC2(C=C[C@@H]1C)C[C@@H]1C[C@@H](C/C=C(\C)[C@@H](O[C@H]3C[C@H](OC)[C@@H](O[C@H]4C[C@H](OC)[C@@H](O)[C@H](C)O4)[C@H](C)O3)[C@@H](C)/C=C/C=C3\COC[C@@H]4[C@H](O)C(C)=CC(C(=O)O1)[C@]34O)O2. The van der Waals surface area contributed by atoms with E-state index < -0.39 is 90.6 Å². The van der Waals surface area contributed by atoms with Gasteiger partial charge in [-0.05, 0) is 62.8 Å². The number of aliphatic hydroxyl groups is 3. The van der Waals surface area contributed by atoms with E-state index in [0.717, 1.165) is 12.0 Å². The molecule has 7 aliphatic rings. The lowest BCUT2D eigenvalue weighted by molar-refractivity contribution is -0.318. The average molecular weight is 887 g/mol. The number of carbonyl (C=O) groups excluding carboxylic acids is 1. The molecule has 0 amide bonds. The van der Waals surface area contributed by atoms with E-state index in [0.29, 0.717) is 43.3 Å². The van der Waals surface area contributed by atoms with Crippen molar-refractivity contribution >= 4 is 5.97 Å². The summed E-state index contributed by atoms with van der Waals surface area (Å²) in [6.07, 6.45) is 9.81. The molecule has 6 aliphatic heterocycles. The highest BCUT2D eigenvalue weighted by Crippen LogP contribution is 2.47. The van der Waals surface area contributed by atoms with E-state index in [1.54, 1.807) is 40.2 Å². The van der Waals surface area contributed by atoms with E-state index in [1.165, 1.54) is 0 Å². The molecule has 2 bridgehead atoms. The summed E-state index contributed by atoms with van der Waals surface area (Å²) in [5.41, 5.74) is 0.277. The first kappa shape index (κ1) is 48.6. The molecule has 20 atom stereocenters. The Kier molecular flexibility index (Phi) is 15.7. The third-order valence-corrected chi connectivity index (χ3v) is 14.9. The molecule has 0 saturated carbocycles. The van der Waals surface area contributed by atoms with Gasteiger partial charge in [-0.3, -0.25) is 4.79 Å². The summed E-state index contributed by atoms with van der Waals surface area (Å²) >= 11 is 0. The molecule has 1 aliphatic carbocycles. The summed E-state index contributed by atoms with van der Waals surface area (Å²) < 4.78 is 63.7. The van der Waals surface area contributed by atoms with Crippen LogP contribution in [0.5, 0.6) is 0 Å². The van der Waals surface area contributed by atoms with Gasteiger partial charge in [0.1, 0.15) is 29.8 Å². The van der Waals surface area contributed by atoms with Crippen molar-refractivity contribution in [1.82, 2.24) is 0 Å². The lowest BCUT2D eigenvalue weighted by atomic mass is 9.64. The van der Waals surface area contributed by atoms with Gasteiger partial charge in [-0.1, -0.05) is 70.6 Å². The third-order valence-electron chi connectivity index (χ3n) is 14.9. The maximum absolute atomic E-state index is 14.5. The molecule has 0 aromatic heterocycles. The van der Waals surface area contributed by atoms with Crippen molar-refractivity contribution in [2.75, 3.05) is 27.4 Å². The molecular formula is C49H74O14. The number of fused-ring (bicyclic) bond motifs is 2. The summed E-state index contributed by atoms with van der Waals surface area (Å²) in [5.74, 6) is -3.28. The molecule has 63 heavy (non-hydrogen) atoms. The normalized spacial score (nSPS) is 48.7. The second-order valence-corrected chi connectivity index (χ2v) is 19.3. The highest BCUT2D eigenvalue weighted by Gasteiger charge is 2.58. The van der Waals surface area contributed by atoms with Crippen LogP contribution < -0.4 is 0 Å².